The lowest BCUT2D eigenvalue weighted by molar-refractivity contribution is -0.137. The van der Waals surface area contributed by atoms with Crippen LogP contribution in [0.15, 0.2) is 29.3 Å². The zero-order valence-electron chi connectivity index (χ0n) is 14.8. The highest BCUT2D eigenvalue weighted by Crippen LogP contribution is 2.38. The quantitative estimate of drug-likeness (QED) is 0.802. The second-order valence-corrected chi connectivity index (χ2v) is 7.65. The lowest BCUT2D eigenvalue weighted by atomic mass is 10.1. The first-order chi connectivity index (χ1) is 12.3. The van der Waals surface area contributed by atoms with Gasteiger partial charge in [-0.25, -0.2) is 0 Å². The van der Waals surface area contributed by atoms with E-state index in [-0.39, 0.29) is 17.5 Å². The van der Waals surface area contributed by atoms with E-state index in [1.54, 1.807) is 13.0 Å². The molecule has 2 atom stereocenters. The van der Waals surface area contributed by atoms with Crippen LogP contribution in [-0.2, 0) is 11.0 Å². The SMILES string of the molecule is CCN1CCN(C(=O)C2SC(c3ccccc3C(F)(F)F)=NC2C)CC1. The highest BCUT2D eigenvalue weighted by atomic mass is 32.2. The molecule has 4 nitrogen and oxygen atoms in total. The zero-order chi connectivity index (χ0) is 18.9. The number of benzene rings is 1. The van der Waals surface area contributed by atoms with Gasteiger partial charge in [-0.05, 0) is 19.5 Å². The molecule has 0 bridgehead atoms. The Hall–Kier alpha value is -1.54. The minimum atomic E-state index is -4.44. The van der Waals surface area contributed by atoms with Gasteiger partial charge < -0.3 is 9.80 Å². The molecule has 0 aromatic heterocycles. The Kier molecular flexibility index (Phi) is 5.62. The maximum Gasteiger partial charge on any atom is 0.417 e. The number of piperazine rings is 1. The van der Waals surface area contributed by atoms with E-state index < -0.39 is 17.0 Å². The number of alkyl halides is 3. The normalized spacial score (nSPS) is 24.7. The smallest absolute Gasteiger partial charge is 0.339 e. The van der Waals surface area contributed by atoms with Gasteiger partial charge in [0.15, 0.2) is 0 Å². The molecule has 2 heterocycles. The molecule has 0 spiro atoms. The van der Waals surface area contributed by atoms with Crippen molar-refractivity contribution in [2.45, 2.75) is 31.3 Å². The fraction of sp³-hybridized carbons (Fsp3) is 0.556. The van der Waals surface area contributed by atoms with Gasteiger partial charge in [0.25, 0.3) is 0 Å². The van der Waals surface area contributed by atoms with Crippen molar-refractivity contribution in [2.75, 3.05) is 32.7 Å². The van der Waals surface area contributed by atoms with Crippen LogP contribution in [0.2, 0.25) is 0 Å². The van der Waals surface area contributed by atoms with E-state index in [1.807, 2.05) is 4.90 Å². The van der Waals surface area contributed by atoms with Gasteiger partial charge in [0, 0.05) is 31.7 Å². The number of halogens is 3. The van der Waals surface area contributed by atoms with Crippen molar-refractivity contribution in [1.82, 2.24) is 9.80 Å². The molecule has 1 saturated heterocycles. The Bertz CT molecular complexity index is 699. The molecule has 142 valence electrons. The van der Waals surface area contributed by atoms with E-state index in [4.69, 9.17) is 0 Å². The first-order valence-corrected chi connectivity index (χ1v) is 9.61. The first kappa shape index (κ1) is 19.2. The maximum absolute atomic E-state index is 13.3. The number of carbonyl (C=O) groups excluding carboxylic acids is 1. The van der Waals surface area contributed by atoms with Crippen LogP contribution < -0.4 is 0 Å². The van der Waals surface area contributed by atoms with Crippen molar-refractivity contribution in [1.29, 1.82) is 0 Å². The molecule has 2 unspecified atom stereocenters. The van der Waals surface area contributed by atoms with E-state index >= 15 is 0 Å². The standard InChI is InChI=1S/C18H22F3N3OS/c1-3-23-8-10-24(11-9-23)17(25)15-12(2)22-16(26-15)13-6-4-5-7-14(13)18(19,20)21/h4-7,12,15H,3,8-11H2,1-2H3. The fourth-order valence-corrected chi connectivity index (χ4v) is 4.55. The minimum Gasteiger partial charge on any atom is -0.339 e. The lowest BCUT2D eigenvalue weighted by Crippen LogP contribution is -2.51. The summed E-state index contributed by atoms with van der Waals surface area (Å²) in [7, 11) is 0. The van der Waals surface area contributed by atoms with Crippen molar-refractivity contribution < 1.29 is 18.0 Å². The Labute approximate surface area is 155 Å². The molecular weight excluding hydrogens is 363 g/mol. The highest BCUT2D eigenvalue weighted by Gasteiger charge is 2.40. The third-order valence-corrected chi connectivity index (χ3v) is 6.23. The van der Waals surface area contributed by atoms with Gasteiger partial charge in [0.1, 0.15) is 5.25 Å². The fourth-order valence-electron chi connectivity index (χ4n) is 3.27. The summed E-state index contributed by atoms with van der Waals surface area (Å²) in [6.07, 6.45) is -4.44. The summed E-state index contributed by atoms with van der Waals surface area (Å²) < 4.78 is 39.8. The van der Waals surface area contributed by atoms with E-state index in [9.17, 15) is 18.0 Å². The zero-order valence-corrected chi connectivity index (χ0v) is 15.6. The van der Waals surface area contributed by atoms with Crippen LogP contribution in [-0.4, -0.2) is 64.8 Å². The molecule has 2 aliphatic heterocycles. The number of carbonyl (C=O) groups is 1. The topological polar surface area (TPSA) is 35.9 Å². The molecule has 1 aromatic rings. The van der Waals surface area contributed by atoms with Crippen molar-refractivity contribution in [3.05, 3.63) is 35.4 Å². The molecule has 0 saturated carbocycles. The molecule has 1 aromatic carbocycles. The second kappa shape index (κ2) is 7.60. The monoisotopic (exact) mass is 385 g/mol. The third kappa shape index (κ3) is 3.91. The van der Waals surface area contributed by atoms with Crippen LogP contribution in [0.1, 0.15) is 25.0 Å². The Morgan fingerprint density at radius 2 is 1.88 bits per heavy atom. The van der Waals surface area contributed by atoms with Crippen LogP contribution in [0.3, 0.4) is 0 Å². The minimum absolute atomic E-state index is 0.0264. The number of aliphatic imine (C=N–C) groups is 1. The molecule has 1 fully saturated rings. The van der Waals surface area contributed by atoms with E-state index in [0.717, 1.165) is 37.5 Å². The van der Waals surface area contributed by atoms with Crippen LogP contribution in [0.5, 0.6) is 0 Å². The second-order valence-electron chi connectivity index (χ2n) is 6.52. The Morgan fingerprint density at radius 1 is 1.23 bits per heavy atom. The van der Waals surface area contributed by atoms with Gasteiger partial charge in [-0.1, -0.05) is 36.9 Å². The number of amides is 1. The van der Waals surface area contributed by atoms with E-state index in [0.29, 0.717) is 18.1 Å². The molecule has 3 rings (SSSR count). The molecular formula is C18H22F3N3OS. The van der Waals surface area contributed by atoms with Crippen molar-refractivity contribution >= 4 is 22.7 Å². The summed E-state index contributed by atoms with van der Waals surface area (Å²) in [6, 6.07) is 5.08. The summed E-state index contributed by atoms with van der Waals surface area (Å²) in [5.74, 6) is -0.0264. The molecule has 2 aliphatic rings. The summed E-state index contributed by atoms with van der Waals surface area (Å²) in [6.45, 7) is 7.82. The molecule has 0 aliphatic carbocycles. The van der Waals surface area contributed by atoms with E-state index in [2.05, 4.69) is 16.8 Å². The average Bonchev–Trinajstić information content (AvgIpc) is 3.02. The number of hydrogen-bond acceptors (Lipinski definition) is 4. The molecule has 26 heavy (non-hydrogen) atoms. The van der Waals surface area contributed by atoms with Crippen LogP contribution in [0.4, 0.5) is 13.2 Å². The summed E-state index contributed by atoms with van der Waals surface area (Å²) in [5, 5.41) is -0.157. The molecule has 8 heteroatoms. The van der Waals surface area contributed by atoms with Crippen molar-refractivity contribution in [2.24, 2.45) is 4.99 Å². The molecule has 0 N–H and O–H groups in total. The number of likely N-dealkylation sites (N-methyl/N-ethyl adjacent to an activating group) is 1. The third-order valence-electron chi connectivity index (χ3n) is 4.84. The number of thioether (sulfide) groups is 1. The maximum atomic E-state index is 13.3. The van der Waals surface area contributed by atoms with Gasteiger partial charge in [-0.15, -0.1) is 0 Å². The van der Waals surface area contributed by atoms with Crippen LogP contribution in [0.25, 0.3) is 0 Å². The highest BCUT2D eigenvalue weighted by molar-refractivity contribution is 8.15. The predicted molar refractivity (Wildman–Crippen MR) is 97.5 cm³/mol. The van der Waals surface area contributed by atoms with Crippen LogP contribution >= 0.6 is 11.8 Å². The van der Waals surface area contributed by atoms with Gasteiger partial charge in [-0.2, -0.15) is 13.2 Å². The first-order valence-electron chi connectivity index (χ1n) is 8.73. The summed E-state index contributed by atoms with van der Waals surface area (Å²) in [4.78, 5) is 21.3. The molecule has 1 amide bonds. The van der Waals surface area contributed by atoms with Gasteiger partial charge in [0.05, 0.1) is 16.6 Å². The number of rotatable bonds is 3. The average molecular weight is 385 g/mol. The largest absolute Gasteiger partial charge is 0.417 e. The predicted octanol–water partition coefficient (Wildman–Crippen LogP) is 3.12. The number of nitrogens with zero attached hydrogens (tertiary/aromatic N) is 3. The summed E-state index contributed by atoms with van der Waals surface area (Å²) in [5.41, 5.74) is -0.647. The Morgan fingerprint density at radius 3 is 2.50 bits per heavy atom. The van der Waals surface area contributed by atoms with Crippen molar-refractivity contribution in [3.63, 3.8) is 0 Å². The Balaban J connectivity index is 1.74. The number of hydrogen-bond donors (Lipinski definition) is 0. The van der Waals surface area contributed by atoms with Crippen LogP contribution in [0, 0.1) is 0 Å². The van der Waals surface area contributed by atoms with Gasteiger partial charge in [-0.3, -0.25) is 9.79 Å². The molecule has 0 radical (unpaired) electrons. The van der Waals surface area contributed by atoms with Gasteiger partial charge in [0.2, 0.25) is 5.91 Å². The van der Waals surface area contributed by atoms with Crippen molar-refractivity contribution in [3.8, 4) is 0 Å². The van der Waals surface area contributed by atoms with E-state index in [1.165, 1.54) is 12.1 Å². The lowest BCUT2D eigenvalue weighted by Gasteiger charge is -2.35. The van der Waals surface area contributed by atoms with Gasteiger partial charge >= 0.3 is 6.18 Å². The summed E-state index contributed by atoms with van der Waals surface area (Å²) >= 11 is 1.16.